The van der Waals surface area contributed by atoms with E-state index in [-0.39, 0.29) is 23.3 Å². The smallest absolute Gasteiger partial charge is 0.490 e. The molecule has 0 radical (unpaired) electrons. The molecule has 2 aromatic carbocycles. The fourth-order valence-corrected chi connectivity index (χ4v) is 6.97. The number of carboxylic acid groups (broad SMARTS) is 1. The number of hydrogen-bond acceptors (Lipinski definition) is 5. The molecule has 1 saturated heterocycles. The van der Waals surface area contributed by atoms with Gasteiger partial charge in [0.1, 0.15) is 5.82 Å². The minimum absolute atomic E-state index is 0.0359. The van der Waals surface area contributed by atoms with Crippen LogP contribution in [0.5, 0.6) is 11.5 Å². The van der Waals surface area contributed by atoms with Crippen molar-refractivity contribution >= 4 is 17.7 Å². The summed E-state index contributed by atoms with van der Waals surface area (Å²) in [5.74, 6) is -1.60. The highest BCUT2D eigenvalue weighted by molar-refractivity contribution is 5.89. The lowest BCUT2D eigenvalue weighted by Gasteiger charge is -2.47. The Labute approximate surface area is 248 Å². The van der Waals surface area contributed by atoms with E-state index in [4.69, 9.17) is 19.4 Å². The molecule has 5 rings (SSSR count). The van der Waals surface area contributed by atoms with E-state index in [1.165, 1.54) is 49.8 Å². The van der Waals surface area contributed by atoms with E-state index in [1.54, 1.807) is 26.4 Å². The number of aliphatic carboxylic acids is 1. The number of urea groups is 1. The molecule has 0 spiro atoms. The SMILES string of the molecule is COc1ccc(C23CCC(NC(=O)Nc4cccc(F)c4)CC2N(C2CCCCC2)CC3)cc1OC.O=C(O)C(F)(F)F. The van der Waals surface area contributed by atoms with E-state index < -0.39 is 12.1 Å². The summed E-state index contributed by atoms with van der Waals surface area (Å²) in [6.07, 6.45) is 5.30. The van der Waals surface area contributed by atoms with Gasteiger partial charge < -0.3 is 25.2 Å². The maximum absolute atomic E-state index is 13.6. The summed E-state index contributed by atoms with van der Waals surface area (Å²) in [6.45, 7) is 1.09. The Hall–Kier alpha value is -3.54. The van der Waals surface area contributed by atoms with Crippen LogP contribution in [0, 0.1) is 5.82 Å². The van der Waals surface area contributed by atoms with Gasteiger partial charge in [-0.2, -0.15) is 13.2 Å². The Morgan fingerprint density at radius 2 is 1.67 bits per heavy atom. The number of amides is 2. The average Bonchev–Trinajstić information content (AvgIpc) is 3.37. The first-order chi connectivity index (χ1) is 20.5. The zero-order valence-electron chi connectivity index (χ0n) is 24.4. The lowest BCUT2D eigenvalue weighted by molar-refractivity contribution is -0.192. The molecule has 3 aliphatic rings. The lowest BCUT2D eigenvalue weighted by atomic mass is 9.64. The number of hydrogen-bond donors (Lipinski definition) is 3. The van der Waals surface area contributed by atoms with Gasteiger partial charge in [0.2, 0.25) is 0 Å². The van der Waals surface area contributed by atoms with Crippen LogP contribution in [-0.2, 0) is 10.2 Å². The predicted octanol–water partition coefficient (Wildman–Crippen LogP) is 6.50. The Balaban J connectivity index is 0.000000541. The van der Waals surface area contributed by atoms with E-state index >= 15 is 0 Å². The van der Waals surface area contributed by atoms with Gasteiger partial charge in [0.15, 0.2) is 11.5 Å². The molecule has 43 heavy (non-hydrogen) atoms. The molecule has 2 aliphatic carbocycles. The summed E-state index contributed by atoms with van der Waals surface area (Å²) in [5.41, 5.74) is 1.81. The Kier molecular flexibility index (Phi) is 10.4. The molecule has 3 N–H and O–H groups in total. The molecule has 0 bridgehead atoms. The van der Waals surface area contributed by atoms with Crippen molar-refractivity contribution in [1.29, 1.82) is 0 Å². The summed E-state index contributed by atoms with van der Waals surface area (Å²) in [5, 5.41) is 13.1. The second-order valence-electron chi connectivity index (χ2n) is 11.4. The van der Waals surface area contributed by atoms with Crippen LogP contribution >= 0.6 is 0 Å². The number of methoxy groups -OCH3 is 2. The Morgan fingerprint density at radius 1 is 0.977 bits per heavy atom. The van der Waals surface area contributed by atoms with Gasteiger partial charge in [0.25, 0.3) is 0 Å². The highest BCUT2D eigenvalue weighted by atomic mass is 19.4. The van der Waals surface area contributed by atoms with Crippen molar-refractivity contribution in [2.24, 2.45) is 0 Å². The summed E-state index contributed by atoms with van der Waals surface area (Å²) in [4.78, 5) is 24.4. The zero-order valence-corrected chi connectivity index (χ0v) is 24.4. The number of nitrogens with zero attached hydrogens (tertiary/aromatic N) is 1. The summed E-state index contributed by atoms with van der Waals surface area (Å²) in [7, 11) is 3.36. The summed E-state index contributed by atoms with van der Waals surface area (Å²) >= 11 is 0. The van der Waals surface area contributed by atoms with Gasteiger partial charge in [-0.15, -0.1) is 0 Å². The number of carboxylic acids is 1. The second kappa shape index (κ2) is 13.8. The van der Waals surface area contributed by atoms with Gasteiger partial charge in [-0.05, 0) is 81.0 Å². The molecule has 12 heteroatoms. The van der Waals surface area contributed by atoms with Crippen LogP contribution in [0.4, 0.5) is 28.0 Å². The van der Waals surface area contributed by atoms with Gasteiger partial charge in [-0.1, -0.05) is 31.4 Å². The minimum atomic E-state index is -5.08. The number of benzene rings is 2. The highest BCUT2D eigenvalue weighted by Crippen LogP contribution is 2.51. The fourth-order valence-electron chi connectivity index (χ4n) is 6.97. The van der Waals surface area contributed by atoms with Crippen molar-refractivity contribution in [3.63, 3.8) is 0 Å². The number of rotatable bonds is 6. The molecular formula is C31H39F4N3O5. The van der Waals surface area contributed by atoms with Crippen molar-refractivity contribution in [3.05, 3.63) is 53.8 Å². The third-order valence-electron chi connectivity index (χ3n) is 8.96. The van der Waals surface area contributed by atoms with Crippen molar-refractivity contribution in [2.45, 2.75) is 87.5 Å². The number of fused-ring (bicyclic) bond motifs is 1. The number of anilines is 1. The molecule has 3 fully saturated rings. The van der Waals surface area contributed by atoms with Crippen molar-refractivity contribution in [2.75, 3.05) is 26.1 Å². The first kappa shape index (κ1) is 32.4. The molecule has 3 atom stereocenters. The number of halogens is 4. The Bertz CT molecular complexity index is 1270. The number of carbonyl (C=O) groups excluding carboxylic acids is 1. The second-order valence-corrected chi connectivity index (χ2v) is 11.4. The highest BCUT2D eigenvalue weighted by Gasteiger charge is 2.53. The van der Waals surface area contributed by atoms with Gasteiger partial charge in [-0.3, -0.25) is 4.90 Å². The molecular weight excluding hydrogens is 570 g/mol. The molecule has 1 heterocycles. The van der Waals surface area contributed by atoms with Crippen LogP contribution < -0.4 is 20.1 Å². The number of ether oxygens (including phenoxy) is 2. The topological polar surface area (TPSA) is 100 Å². The molecule has 1 aliphatic heterocycles. The minimum Gasteiger partial charge on any atom is -0.493 e. The number of likely N-dealkylation sites (tertiary alicyclic amines) is 1. The van der Waals surface area contributed by atoms with Gasteiger partial charge in [0, 0.05) is 29.2 Å². The molecule has 2 saturated carbocycles. The van der Waals surface area contributed by atoms with Crippen LogP contribution in [-0.4, -0.2) is 67.1 Å². The van der Waals surface area contributed by atoms with Crippen molar-refractivity contribution in [3.8, 4) is 11.5 Å². The number of nitrogens with one attached hydrogen (secondary N) is 2. The van der Waals surface area contributed by atoms with E-state index in [1.807, 2.05) is 6.07 Å². The molecule has 236 valence electrons. The summed E-state index contributed by atoms with van der Waals surface area (Å²) < 4.78 is 56.5. The van der Waals surface area contributed by atoms with Gasteiger partial charge >= 0.3 is 18.2 Å². The van der Waals surface area contributed by atoms with E-state index in [9.17, 15) is 22.4 Å². The predicted molar refractivity (Wildman–Crippen MR) is 153 cm³/mol. The van der Waals surface area contributed by atoms with Crippen LogP contribution in [0.25, 0.3) is 0 Å². The van der Waals surface area contributed by atoms with Gasteiger partial charge in [0.05, 0.1) is 14.2 Å². The standard InChI is InChI=1S/C29H38FN3O3.C2HF3O2/c1-35-25-12-11-20(17-26(25)36-2)29-14-13-23(32-28(34)31-22-8-6-7-21(30)18-22)19-27(29)33(16-15-29)24-9-4-3-5-10-24;3-2(4,5)1(6)7/h6-8,11-12,17-18,23-24,27H,3-5,9-10,13-16,19H2,1-2H3,(H2,31,32,34);(H,6,7). The average molecular weight is 610 g/mol. The van der Waals surface area contributed by atoms with Crippen LogP contribution in [0.3, 0.4) is 0 Å². The molecule has 0 aromatic heterocycles. The first-order valence-electron chi connectivity index (χ1n) is 14.6. The van der Waals surface area contributed by atoms with Crippen LogP contribution in [0.2, 0.25) is 0 Å². The quantitative estimate of drug-likeness (QED) is 0.324. The largest absolute Gasteiger partial charge is 0.493 e. The van der Waals surface area contributed by atoms with E-state index in [0.717, 1.165) is 43.7 Å². The first-order valence-corrected chi connectivity index (χ1v) is 14.6. The van der Waals surface area contributed by atoms with E-state index in [0.29, 0.717) is 17.8 Å². The summed E-state index contributed by atoms with van der Waals surface area (Å²) in [6, 6.07) is 13.2. The van der Waals surface area contributed by atoms with Crippen LogP contribution in [0.1, 0.15) is 63.4 Å². The molecule has 3 unspecified atom stereocenters. The van der Waals surface area contributed by atoms with E-state index in [2.05, 4.69) is 27.7 Å². The van der Waals surface area contributed by atoms with Crippen LogP contribution in [0.15, 0.2) is 42.5 Å². The zero-order chi connectivity index (χ0) is 31.2. The maximum atomic E-state index is 13.6. The lowest BCUT2D eigenvalue weighted by Crippen LogP contribution is -2.55. The molecule has 2 amide bonds. The molecule has 8 nitrogen and oxygen atoms in total. The fraction of sp³-hybridized carbons (Fsp3) is 0.548. The monoisotopic (exact) mass is 609 g/mol. The van der Waals surface area contributed by atoms with Crippen molar-refractivity contribution in [1.82, 2.24) is 10.2 Å². The number of carbonyl (C=O) groups is 2. The third-order valence-corrected chi connectivity index (χ3v) is 8.96. The van der Waals surface area contributed by atoms with Crippen molar-refractivity contribution < 1.29 is 41.7 Å². The Morgan fingerprint density at radius 3 is 2.30 bits per heavy atom. The molecule has 2 aromatic rings. The van der Waals surface area contributed by atoms with Gasteiger partial charge in [-0.25, -0.2) is 14.0 Å². The normalized spacial score (nSPS) is 24.2. The maximum Gasteiger partial charge on any atom is 0.490 e. The number of alkyl halides is 3. The third kappa shape index (κ3) is 7.70.